The lowest BCUT2D eigenvalue weighted by Gasteiger charge is -1.99. The van der Waals surface area contributed by atoms with Crippen LogP contribution in [0.1, 0.15) is 11.1 Å². The SMILES string of the molecule is Cc1cc(I)c(C#N)cc1Br. The Kier molecular flexibility index (Phi) is 2.90. The fraction of sp³-hybridized carbons (Fsp3) is 0.125. The van der Waals surface area contributed by atoms with Crippen molar-refractivity contribution in [3.63, 3.8) is 0 Å². The molecule has 1 nitrogen and oxygen atoms in total. The molecule has 1 rings (SSSR count). The summed E-state index contributed by atoms with van der Waals surface area (Å²) in [7, 11) is 0. The van der Waals surface area contributed by atoms with Gasteiger partial charge in [0.25, 0.3) is 0 Å². The number of hydrogen-bond acceptors (Lipinski definition) is 1. The minimum absolute atomic E-state index is 0.725. The molecule has 0 aliphatic heterocycles. The number of hydrogen-bond donors (Lipinski definition) is 0. The second-order valence-corrected chi connectivity index (χ2v) is 4.21. The third kappa shape index (κ3) is 1.94. The minimum atomic E-state index is 0.725. The molecule has 0 saturated heterocycles. The van der Waals surface area contributed by atoms with Gasteiger partial charge in [-0.15, -0.1) is 0 Å². The molecule has 0 bridgehead atoms. The van der Waals surface area contributed by atoms with Gasteiger partial charge in [0.15, 0.2) is 0 Å². The van der Waals surface area contributed by atoms with Gasteiger partial charge >= 0.3 is 0 Å². The van der Waals surface area contributed by atoms with E-state index in [0.29, 0.717) is 0 Å². The first-order valence-electron chi connectivity index (χ1n) is 3.01. The maximum atomic E-state index is 8.66. The monoisotopic (exact) mass is 321 g/mol. The van der Waals surface area contributed by atoms with Gasteiger partial charge in [-0.2, -0.15) is 5.26 Å². The summed E-state index contributed by atoms with van der Waals surface area (Å²) < 4.78 is 2.00. The molecule has 0 unspecified atom stereocenters. The van der Waals surface area contributed by atoms with Crippen molar-refractivity contribution in [3.8, 4) is 6.07 Å². The van der Waals surface area contributed by atoms with Crippen molar-refractivity contribution in [2.24, 2.45) is 0 Å². The molecule has 0 aliphatic carbocycles. The number of rotatable bonds is 0. The van der Waals surface area contributed by atoms with E-state index in [1.807, 2.05) is 19.1 Å². The van der Waals surface area contributed by atoms with E-state index >= 15 is 0 Å². The quantitative estimate of drug-likeness (QED) is 0.673. The van der Waals surface area contributed by atoms with E-state index in [9.17, 15) is 0 Å². The molecule has 0 saturated carbocycles. The van der Waals surface area contributed by atoms with Gasteiger partial charge in [-0.05, 0) is 47.2 Å². The molecule has 3 heteroatoms. The molecule has 0 spiro atoms. The van der Waals surface area contributed by atoms with Crippen molar-refractivity contribution in [3.05, 3.63) is 31.3 Å². The molecule has 0 aliphatic rings. The van der Waals surface area contributed by atoms with Crippen molar-refractivity contribution in [2.75, 3.05) is 0 Å². The van der Waals surface area contributed by atoms with Gasteiger partial charge in [-0.3, -0.25) is 0 Å². The Balaban J connectivity index is 3.35. The Morgan fingerprint density at radius 3 is 2.73 bits per heavy atom. The van der Waals surface area contributed by atoms with Gasteiger partial charge in [-0.1, -0.05) is 15.9 Å². The molecule has 56 valence electrons. The average Bonchev–Trinajstić information content (AvgIpc) is 1.97. The Bertz CT molecular complexity index is 328. The summed E-state index contributed by atoms with van der Waals surface area (Å²) in [4.78, 5) is 0. The van der Waals surface area contributed by atoms with Crippen molar-refractivity contribution in [2.45, 2.75) is 6.92 Å². The predicted octanol–water partition coefficient (Wildman–Crippen LogP) is 3.23. The van der Waals surface area contributed by atoms with E-state index in [1.165, 1.54) is 0 Å². The zero-order chi connectivity index (χ0) is 8.43. The van der Waals surface area contributed by atoms with Gasteiger partial charge in [0.1, 0.15) is 6.07 Å². The van der Waals surface area contributed by atoms with E-state index in [0.717, 1.165) is 19.2 Å². The van der Waals surface area contributed by atoms with Crippen molar-refractivity contribution in [1.82, 2.24) is 0 Å². The minimum Gasteiger partial charge on any atom is -0.192 e. The van der Waals surface area contributed by atoms with Gasteiger partial charge in [0, 0.05) is 8.04 Å². The fourth-order valence-corrected chi connectivity index (χ4v) is 1.82. The van der Waals surface area contributed by atoms with Crippen LogP contribution in [0.25, 0.3) is 0 Å². The predicted molar refractivity (Wildman–Crippen MR) is 56.3 cm³/mol. The fourth-order valence-electron chi connectivity index (χ4n) is 0.732. The van der Waals surface area contributed by atoms with Gasteiger partial charge < -0.3 is 0 Å². The Hall–Kier alpha value is -0.0800. The van der Waals surface area contributed by atoms with Crippen molar-refractivity contribution >= 4 is 38.5 Å². The molecular weight excluding hydrogens is 317 g/mol. The second kappa shape index (κ2) is 3.55. The molecular formula is C8H5BrIN. The van der Waals surface area contributed by atoms with Crippen molar-refractivity contribution in [1.29, 1.82) is 5.26 Å². The molecule has 1 aromatic carbocycles. The largest absolute Gasteiger partial charge is 0.192 e. The van der Waals surface area contributed by atoms with Crippen LogP contribution in [0, 0.1) is 21.8 Å². The number of nitriles is 1. The smallest absolute Gasteiger partial charge is 0.100 e. The highest BCUT2D eigenvalue weighted by molar-refractivity contribution is 14.1. The Labute approximate surface area is 87.7 Å². The first-order chi connectivity index (χ1) is 5.15. The first kappa shape index (κ1) is 9.01. The normalized spacial score (nSPS) is 9.27. The summed E-state index contributed by atoms with van der Waals surface area (Å²) in [6.45, 7) is 2.01. The van der Waals surface area contributed by atoms with Gasteiger partial charge in [0.2, 0.25) is 0 Å². The lowest BCUT2D eigenvalue weighted by Crippen LogP contribution is -1.84. The van der Waals surface area contributed by atoms with Crippen LogP contribution in [-0.2, 0) is 0 Å². The van der Waals surface area contributed by atoms with Crippen LogP contribution >= 0.6 is 38.5 Å². The zero-order valence-electron chi connectivity index (χ0n) is 5.86. The van der Waals surface area contributed by atoms with E-state index in [-0.39, 0.29) is 0 Å². The number of aryl methyl sites for hydroxylation is 1. The Morgan fingerprint density at radius 1 is 1.55 bits per heavy atom. The third-order valence-corrected chi connectivity index (χ3v) is 3.12. The van der Waals surface area contributed by atoms with Crippen LogP contribution in [0.3, 0.4) is 0 Å². The molecule has 1 aromatic rings. The third-order valence-electron chi connectivity index (χ3n) is 1.37. The molecule has 11 heavy (non-hydrogen) atoms. The van der Waals surface area contributed by atoms with E-state index in [4.69, 9.17) is 5.26 Å². The van der Waals surface area contributed by atoms with E-state index in [2.05, 4.69) is 44.6 Å². The standard InChI is InChI=1S/C8H5BrIN/c1-5-2-8(10)6(4-11)3-7(5)9/h2-3H,1H3. The molecule has 0 amide bonds. The van der Waals surface area contributed by atoms with Crippen LogP contribution in [-0.4, -0.2) is 0 Å². The molecule has 0 atom stereocenters. The average molecular weight is 322 g/mol. The highest BCUT2D eigenvalue weighted by Gasteiger charge is 2.01. The topological polar surface area (TPSA) is 23.8 Å². The summed E-state index contributed by atoms with van der Waals surface area (Å²) in [5, 5.41) is 8.66. The summed E-state index contributed by atoms with van der Waals surface area (Å²) in [5.41, 5.74) is 1.89. The van der Waals surface area contributed by atoms with Crippen LogP contribution in [0.4, 0.5) is 0 Å². The van der Waals surface area contributed by atoms with E-state index in [1.54, 1.807) is 0 Å². The van der Waals surface area contributed by atoms with Crippen LogP contribution in [0.5, 0.6) is 0 Å². The van der Waals surface area contributed by atoms with Crippen molar-refractivity contribution < 1.29 is 0 Å². The van der Waals surface area contributed by atoms with Gasteiger partial charge in [-0.25, -0.2) is 0 Å². The van der Waals surface area contributed by atoms with Gasteiger partial charge in [0.05, 0.1) is 5.56 Å². The summed E-state index contributed by atoms with van der Waals surface area (Å²) in [6, 6.07) is 5.96. The summed E-state index contributed by atoms with van der Waals surface area (Å²) >= 11 is 5.53. The number of nitrogens with zero attached hydrogens (tertiary/aromatic N) is 1. The maximum Gasteiger partial charge on any atom is 0.100 e. The van der Waals surface area contributed by atoms with Crippen LogP contribution in [0.15, 0.2) is 16.6 Å². The highest BCUT2D eigenvalue weighted by Crippen LogP contribution is 2.21. The Morgan fingerprint density at radius 2 is 2.18 bits per heavy atom. The first-order valence-corrected chi connectivity index (χ1v) is 4.88. The molecule has 0 radical (unpaired) electrons. The number of benzene rings is 1. The second-order valence-electron chi connectivity index (χ2n) is 2.19. The summed E-state index contributed by atoms with van der Waals surface area (Å²) in [6.07, 6.45) is 0. The van der Waals surface area contributed by atoms with E-state index < -0.39 is 0 Å². The lowest BCUT2D eigenvalue weighted by atomic mass is 10.2. The highest BCUT2D eigenvalue weighted by atomic mass is 127. The molecule has 0 aromatic heterocycles. The maximum absolute atomic E-state index is 8.66. The molecule has 0 heterocycles. The molecule has 0 N–H and O–H groups in total. The molecule has 0 fully saturated rings. The zero-order valence-corrected chi connectivity index (χ0v) is 9.60. The lowest BCUT2D eigenvalue weighted by molar-refractivity contribution is 1.37. The van der Waals surface area contributed by atoms with Crippen LogP contribution < -0.4 is 0 Å². The van der Waals surface area contributed by atoms with Crippen LogP contribution in [0.2, 0.25) is 0 Å². The number of halogens is 2. The summed E-state index contributed by atoms with van der Waals surface area (Å²) in [5.74, 6) is 0.